The summed E-state index contributed by atoms with van der Waals surface area (Å²) in [5.41, 5.74) is 3.50. The summed E-state index contributed by atoms with van der Waals surface area (Å²) in [6.45, 7) is 2.48. The molecule has 2 aromatic rings. The predicted octanol–water partition coefficient (Wildman–Crippen LogP) is 2.87. The van der Waals surface area contributed by atoms with Gasteiger partial charge in [0.25, 0.3) is 0 Å². The van der Waals surface area contributed by atoms with E-state index in [4.69, 9.17) is 10.4 Å². The van der Waals surface area contributed by atoms with Crippen molar-refractivity contribution >= 4 is 12.0 Å². The number of aromatic nitrogens is 2. The Kier molecular flexibility index (Phi) is 4.52. The van der Waals surface area contributed by atoms with Crippen molar-refractivity contribution in [2.24, 2.45) is 0 Å². The number of aliphatic carboxylic acids is 1. The summed E-state index contributed by atoms with van der Waals surface area (Å²) in [6.07, 6.45) is 4.72. The Labute approximate surface area is 122 Å². The van der Waals surface area contributed by atoms with Gasteiger partial charge in [-0.15, -0.1) is 0 Å². The fourth-order valence-electron chi connectivity index (χ4n) is 1.93. The normalized spacial score (nSPS) is 10.7. The van der Waals surface area contributed by atoms with Crippen molar-refractivity contribution in [3.05, 3.63) is 47.7 Å². The summed E-state index contributed by atoms with van der Waals surface area (Å²) in [6, 6.07) is 9.93. The highest BCUT2D eigenvalue weighted by atomic mass is 16.4. The van der Waals surface area contributed by atoms with E-state index in [0.717, 1.165) is 22.8 Å². The molecule has 1 N–H and O–H groups in total. The lowest BCUT2D eigenvalue weighted by atomic mass is 10.1. The lowest BCUT2D eigenvalue weighted by Crippen LogP contribution is -1.97. The number of nitriles is 1. The molecule has 0 bridgehead atoms. The molecule has 5 heteroatoms. The maximum atomic E-state index is 10.7. The summed E-state index contributed by atoms with van der Waals surface area (Å²) < 4.78 is 1.67. The van der Waals surface area contributed by atoms with Crippen LogP contribution in [0.5, 0.6) is 0 Å². The molecule has 0 unspecified atom stereocenters. The van der Waals surface area contributed by atoms with Crippen molar-refractivity contribution in [2.45, 2.75) is 19.9 Å². The van der Waals surface area contributed by atoms with Crippen molar-refractivity contribution < 1.29 is 9.90 Å². The van der Waals surface area contributed by atoms with Gasteiger partial charge in [0, 0.05) is 23.4 Å². The van der Waals surface area contributed by atoms with E-state index in [1.54, 1.807) is 10.9 Å². The zero-order valence-electron chi connectivity index (χ0n) is 11.7. The molecule has 0 saturated heterocycles. The molecule has 2 rings (SSSR count). The molecule has 0 fully saturated rings. The number of aryl methyl sites for hydroxylation is 2. The quantitative estimate of drug-likeness (QED) is 0.855. The number of hydrogen-bond acceptors (Lipinski definition) is 3. The van der Waals surface area contributed by atoms with Crippen LogP contribution in [-0.2, 0) is 11.3 Å². The highest BCUT2D eigenvalue weighted by Gasteiger charge is 2.09. The van der Waals surface area contributed by atoms with Gasteiger partial charge in [0.1, 0.15) is 0 Å². The molecule has 1 heterocycles. The molecule has 0 spiro atoms. The van der Waals surface area contributed by atoms with Gasteiger partial charge in [-0.1, -0.05) is 29.8 Å². The Morgan fingerprint density at radius 3 is 2.76 bits per heavy atom. The average molecular weight is 281 g/mol. The van der Waals surface area contributed by atoms with Crippen LogP contribution in [0, 0.1) is 18.3 Å². The SMILES string of the molecule is Cc1ccc(-c2nn(CCC#N)cc2C=CC(=O)O)cc1. The van der Waals surface area contributed by atoms with Crippen molar-refractivity contribution in [3.63, 3.8) is 0 Å². The Bertz CT molecular complexity index is 706. The van der Waals surface area contributed by atoms with Crippen molar-refractivity contribution in [2.75, 3.05) is 0 Å². The van der Waals surface area contributed by atoms with E-state index in [1.807, 2.05) is 31.2 Å². The van der Waals surface area contributed by atoms with Crippen LogP contribution in [0.3, 0.4) is 0 Å². The first-order chi connectivity index (χ1) is 10.1. The van der Waals surface area contributed by atoms with Gasteiger partial charge < -0.3 is 5.11 Å². The molecular weight excluding hydrogens is 266 g/mol. The van der Waals surface area contributed by atoms with Gasteiger partial charge in [0.15, 0.2) is 0 Å². The zero-order chi connectivity index (χ0) is 15.2. The minimum Gasteiger partial charge on any atom is -0.478 e. The molecule has 21 heavy (non-hydrogen) atoms. The molecule has 106 valence electrons. The van der Waals surface area contributed by atoms with Crippen molar-refractivity contribution in [1.82, 2.24) is 9.78 Å². The predicted molar refractivity (Wildman–Crippen MR) is 79.3 cm³/mol. The van der Waals surface area contributed by atoms with E-state index in [2.05, 4.69) is 11.2 Å². The van der Waals surface area contributed by atoms with E-state index >= 15 is 0 Å². The molecule has 0 aliphatic carbocycles. The lowest BCUT2D eigenvalue weighted by molar-refractivity contribution is -0.131. The summed E-state index contributed by atoms with van der Waals surface area (Å²) in [5, 5.41) is 21.9. The maximum Gasteiger partial charge on any atom is 0.328 e. The van der Waals surface area contributed by atoms with Crippen LogP contribution >= 0.6 is 0 Å². The van der Waals surface area contributed by atoms with Crippen LogP contribution in [0.15, 0.2) is 36.5 Å². The van der Waals surface area contributed by atoms with Crippen LogP contribution in [0.4, 0.5) is 0 Å². The molecule has 0 saturated carbocycles. The van der Waals surface area contributed by atoms with Gasteiger partial charge in [-0.05, 0) is 13.0 Å². The van der Waals surface area contributed by atoms with Crippen molar-refractivity contribution in [1.29, 1.82) is 5.26 Å². The minimum absolute atomic E-state index is 0.358. The molecule has 1 aromatic heterocycles. The molecular formula is C16H15N3O2. The molecule has 0 amide bonds. The van der Waals surface area contributed by atoms with Crippen LogP contribution in [0.1, 0.15) is 17.5 Å². The van der Waals surface area contributed by atoms with Gasteiger partial charge >= 0.3 is 5.97 Å². The van der Waals surface area contributed by atoms with Gasteiger partial charge in [0.2, 0.25) is 0 Å². The molecule has 5 nitrogen and oxygen atoms in total. The van der Waals surface area contributed by atoms with Gasteiger partial charge in [-0.3, -0.25) is 4.68 Å². The van der Waals surface area contributed by atoms with E-state index in [9.17, 15) is 4.79 Å². The van der Waals surface area contributed by atoms with E-state index in [1.165, 1.54) is 6.08 Å². The number of benzene rings is 1. The summed E-state index contributed by atoms with van der Waals surface area (Å²) in [5.74, 6) is -1.00. The summed E-state index contributed by atoms with van der Waals surface area (Å²) in [4.78, 5) is 10.7. The fraction of sp³-hybridized carbons (Fsp3) is 0.188. The second-order valence-electron chi connectivity index (χ2n) is 4.64. The van der Waals surface area contributed by atoms with E-state index in [0.29, 0.717) is 18.7 Å². The van der Waals surface area contributed by atoms with Gasteiger partial charge in [-0.25, -0.2) is 4.79 Å². The monoisotopic (exact) mass is 281 g/mol. The third kappa shape index (κ3) is 3.80. The number of carbonyl (C=O) groups is 1. The number of rotatable bonds is 5. The number of carboxylic acids is 1. The average Bonchev–Trinajstić information content (AvgIpc) is 2.87. The first kappa shape index (κ1) is 14.5. The fourth-order valence-corrected chi connectivity index (χ4v) is 1.93. The molecule has 0 atom stereocenters. The highest BCUT2D eigenvalue weighted by molar-refractivity contribution is 5.87. The van der Waals surface area contributed by atoms with Crippen LogP contribution in [-0.4, -0.2) is 20.9 Å². The number of hydrogen-bond donors (Lipinski definition) is 1. The highest BCUT2D eigenvalue weighted by Crippen LogP contribution is 2.23. The minimum atomic E-state index is -1.00. The van der Waals surface area contributed by atoms with Crippen molar-refractivity contribution in [3.8, 4) is 17.3 Å². The molecule has 0 aliphatic heterocycles. The Hall–Kier alpha value is -2.87. The number of nitrogens with zero attached hydrogens (tertiary/aromatic N) is 3. The second kappa shape index (κ2) is 6.53. The standard InChI is InChI=1S/C16H15N3O2/c1-12-3-5-13(6-4-12)16-14(7-8-15(20)21)11-19(18-16)10-2-9-17/h3-8,11H,2,10H2,1H3,(H,20,21). The Morgan fingerprint density at radius 1 is 1.43 bits per heavy atom. The third-order valence-electron chi connectivity index (χ3n) is 2.97. The van der Waals surface area contributed by atoms with Gasteiger partial charge in [-0.2, -0.15) is 10.4 Å². The van der Waals surface area contributed by atoms with Crippen LogP contribution in [0.2, 0.25) is 0 Å². The van der Waals surface area contributed by atoms with Crippen LogP contribution < -0.4 is 0 Å². The second-order valence-corrected chi connectivity index (χ2v) is 4.64. The molecule has 1 aromatic carbocycles. The molecule has 0 aliphatic rings. The summed E-state index contributed by atoms with van der Waals surface area (Å²) in [7, 11) is 0. The topological polar surface area (TPSA) is 78.9 Å². The van der Waals surface area contributed by atoms with E-state index < -0.39 is 5.97 Å². The maximum absolute atomic E-state index is 10.7. The zero-order valence-corrected chi connectivity index (χ0v) is 11.7. The number of carboxylic acid groups (broad SMARTS) is 1. The van der Waals surface area contributed by atoms with Crippen LogP contribution in [0.25, 0.3) is 17.3 Å². The van der Waals surface area contributed by atoms with E-state index in [-0.39, 0.29) is 0 Å². The first-order valence-electron chi connectivity index (χ1n) is 6.52. The first-order valence-corrected chi connectivity index (χ1v) is 6.52. The lowest BCUT2D eigenvalue weighted by Gasteiger charge is -2.00. The van der Waals surface area contributed by atoms with Gasteiger partial charge in [0.05, 0.1) is 24.7 Å². The smallest absolute Gasteiger partial charge is 0.328 e. The Balaban J connectivity index is 2.41. The molecule has 0 radical (unpaired) electrons. The summed E-state index contributed by atoms with van der Waals surface area (Å²) >= 11 is 0. The Morgan fingerprint density at radius 2 is 2.14 bits per heavy atom. The third-order valence-corrected chi connectivity index (χ3v) is 2.97. The largest absolute Gasteiger partial charge is 0.478 e.